The highest BCUT2D eigenvalue weighted by atomic mass is 16.6. The smallest absolute Gasteiger partial charge is 0.414 e. The van der Waals surface area contributed by atoms with Crippen LogP contribution in [0, 0.1) is 5.92 Å². The highest BCUT2D eigenvalue weighted by Crippen LogP contribution is 2.44. The molecule has 0 aromatic carbocycles. The Morgan fingerprint density at radius 2 is 1.96 bits per heavy atom. The maximum atomic E-state index is 12.3. The van der Waals surface area contributed by atoms with Crippen molar-refractivity contribution in [2.45, 2.75) is 50.0 Å². The number of hydrogen-bond acceptors (Lipinski definition) is 6. The molecule has 2 heterocycles. The van der Waals surface area contributed by atoms with Crippen LogP contribution in [0.2, 0.25) is 0 Å². The Balaban J connectivity index is 1.43. The lowest BCUT2D eigenvalue weighted by Crippen LogP contribution is -2.60. The van der Waals surface area contributed by atoms with Gasteiger partial charge in [0.05, 0.1) is 6.61 Å². The van der Waals surface area contributed by atoms with Crippen molar-refractivity contribution in [2.24, 2.45) is 11.7 Å². The zero-order chi connectivity index (χ0) is 18.9. The van der Waals surface area contributed by atoms with Crippen molar-refractivity contribution in [3.05, 3.63) is 17.7 Å². The molecule has 146 valence electrons. The van der Waals surface area contributed by atoms with Crippen LogP contribution >= 0.6 is 0 Å². The number of primary amides is 1. The molecule has 4 rings (SSSR count). The van der Waals surface area contributed by atoms with Crippen LogP contribution in [-0.4, -0.2) is 42.3 Å². The minimum absolute atomic E-state index is 0.148. The molecule has 3 fully saturated rings. The van der Waals surface area contributed by atoms with E-state index in [-0.39, 0.29) is 5.88 Å². The number of amides is 2. The normalized spacial score (nSPS) is 21.3. The maximum Gasteiger partial charge on any atom is 0.414 e. The summed E-state index contributed by atoms with van der Waals surface area (Å²) in [5.41, 5.74) is 5.43. The largest absolute Gasteiger partial charge is 0.477 e. The molecule has 2 saturated carbocycles. The molecule has 1 aromatic heterocycles. The summed E-state index contributed by atoms with van der Waals surface area (Å²) in [7, 11) is 0. The molecule has 1 aromatic rings. The van der Waals surface area contributed by atoms with Gasteiger partial charge in [-0.1, -0.05) is 0 Å². The average Bonchev–Trinajstić information content (AvgIpc) is 3.55. The van der Waals surface area contributed by atoms with E-state index in [2.05, 4.69) is 10.3 Å². The Morgan fingerprint density at radius 3 is 2.59 bits per heavy atom. The van der Waals surface area contributed by atoms with Crippen molar-refractivity contribution in [3.8, 4) is 11.8 Å². The molecule has 0 spiro atoms. The molecule has 8 nitrogen and oxygen atoms in total. The Kier molecular flexibility index (Phi) is 4.90. The SMILES string of the molecule is NC(=O)C1(NC(=O)Oc2ccc(C3CC3)c(OCC3CC3)n2)CCOCC1. The molecule has 2 aliphatic carbocycles. The number of nitrogens with one attached hydrogen (secondary N) is 1. The number of hydrogen-bond donors (Lipinski definition) is 2. The molecule has 1 saturated heterocycles. The van der Waals surface area contributed by atoms with Gasteiger partial charge in [0.1, 0.15) is 5.54 Å². The van der Waals surface area contributed by atoms with Crippen LogP contribution in [0.25, 0.3) is 0 Å². The average molecular weight is 375 g/mol. The fourth-order valence-corrected chi connectivity index (χ4v) is 3.26. The van der Waals surface area contributed by atoms with E-state index in [4.69, 9.17) is 19.9 Å². The van der Waals surface area contributed by atoms with Gasteiger partial charge in [0.25, 0.3) is 0 Å². The van der Waals surface area contributed by atoms with Crippen molar-refractivity contribution in [1.29, 1.82) is 0 Å². The van der Waals surface area contributed by atoms with E-state index in [9.17, 15) is 9.59 Å². The minimum Gasteiger partial charge on any atom is -0.477 e. The van der Waals surface area contributed by atoms with E-state index in [1.165, 1.54) is 12.8 Å². The Bertz CT molecular complexity index is 724. The zero-order valence-corrected chi connectivity index (χ0v) is 15.2. The van der Waals surface area contributed by atoms with Crippen molar-refractivity contribution < 1.29 is 23.8 Å². The topological polar surface area (TPSA) is 113 Å². The first-order chi connectivity index (χ1) is 13.1. The van der Waals surface area contributed by atoms with Gasteiger partial charge in [0.15, 0.2) is 0 Å². The van der Waals surface area contributed by atoms with Crippen LogP contribution in [0.4, 0.5) is 4.79 Å². The van der Waals surface area contributed by atoms with Crippen LogP contribution in [0.5, 0.6) is 11.8 Å². The first-order valence-electron chi connectivity index (χ1n) is 9.57. The summed E-state index contributed by atoms with van der Waals surface area (Å²) in [6, 6.07) is 3.58. The molecule has 0 unspecified atom stereocenters. The molecule has 0 radical (unpaired) electrons. The summed E-state index contributed by atoms with van der Waals surface area (Å²) in [5.74, 6) is 1.19. The zero-order valence-electron chi connectivity index (χ0n) is 15.2. The molecule has 3 aliphatic rings. The summed E-state index contributed by atoms with van der Waals surface area (Å²) in [5, 5.41) is 2.61. The molecular formula is C19H25N3O5. The van der Waals surface area contributed by atoms with Gasteiger partial charge in [0, 0.05) is 37.7 Å². The summed E-state index contributed by atoms with van der Waals surface area (Å²) < 4.78 is 16.5. The summed E-state index contributed by atoms with van der Waals surface area (Å²) >= 11 is 0. The predicted octanol–water partition coefficient (Wildman–Crippen LogP) is 1.87. The molecule has 0 atom stereocenters. The number of carbonyl (C=O) groups excluding carboxylic acids is 2. The van der Waals surface area contributed by atoms with E-state index in [1.807, 2.05) is 6.07 Å². The standard InChI is InChI=1S/C19H25N3O5/c20-17(23)19(7-9-25-10-8-19)22-18(24)27-15-6-5-14(13-3-4-13)16(21-15)26-11-12-1-2-12/h5-6,12-13H,1-4,7-11H2,(H2,20,23)(H,22,24). The number of aromatic nitrogens is 1. The minimum atomic E-state index is -1.14. The molecule has 3 N–H and O–H groups in total. The van der Waals surface area contributed by atoms with Gasteiger partial charge in [0.2, 0.25) is 17.7 Å². The fraction of sp³-hybridized carbons (Fsp3) is 0.632. The van der Waals surface area contributed by atoms with Gasteiger partial charge in [-0.3, -0.25) is 4.79 Å². The van der Waals surface area contributed by atoms with Crippen LogP contribution in [0.3, 0.4) is 0 Å². The Labute approximate surface area is 157 Å². The quantitative estimate of drug-likeness (QED) is 0.752. The number of carbonyl (C=O) groups is 2. The first kappa shape index (κ1) is 18.0. The lowest BCUT2D eigenvalue weighted by Gasteiger charge is -2.34. The van der Waals surface area contributed by atoms with E-state index in [0.29, 0.717) is 50.4 Å². The lowest BCUT2D eigenvalue weighted by molar-refractivity contribution is -0.127. The van der Waals surface area contributed by atoms with Crippen molar-refractivity contribution in [2.75, 3.05) is 19.8 Å². The number of pyridine rings is 1. The Morgan fingerprint density at radius 1 is 1.22 bits per heavy atom. The highest BCUT2D eigenvalue weighted by molar-refractivity contribution is 5.89. The monoisotopic (exact) mass is 375 g/mol. The van der Waals surface area contributed by atoms with Gasteiger partial charge >= 0.3 is 6.09 Å². The molecular weight excluding hydrogens is 350 g/mol. The predicted molar refractivity (Wildman–Crippen MR) is 95.6 cm³/mol. The molecule has 0 bridgehead atoms. The van der Waals surface area contributed by atoms with Crippen molar-refractivity contribution in [1.82, 2.24) is 10.3 Å². The molecule has 8 heteroatoms. The second-order valence-electron chi connectivity index (χ2n) is 7.65. The molecule has 1 aliphatic heterocycles. The van der Waals surface area contributed by atoms with E-state index >= 15 is 0 Å². The Hall–Kier alpha value is -2.35. The number of rotatable bonds is 7. The van der Waals surface area contributed by atoms with Gasteiger partial charge in [-0.25, -0.2) is 4.79 Å². The third-order valence-corrected chi connectivity index (χ3v) is 5.39. The van der Waals surface area contributed by atoms with Crippen LogP contribution in [0.15, 0.2) is 12.1 Å². The van der Waals surface area contributed by atoms with Gasteiger partial charge in [-0.2, -0.15) is 4.98 Å². The highest BCUT2D eigenvalue weighted by Gasteiger charge is 2.40. The van der Waals surface area contributed by atoms with Gasteiger partial charge in [-0.05, 0) is 43.6 Å². The second-order valence-corrected chi connectivity index (χ2v) is 7.65. The van der Waals surface area contributed by atoms with E-state index in [1.54, 1.807) is 6.07 Å². The number of nitrogens with zero attached hydrogens (tertiary/aromatic N) is 1. The van der Waals surface area contributed by atoms with Crippen LogP contribution in [0.1, 0.15) is 50.0 Å². The van der Waals surface area contributed by atoms with E-state index < -0.39 is 17.5 Å². The van der Waals surface area contributed by atoms with Gasteiger partial charge < -0.3 is 25.3 Å². The third kappa shape index (κ3) is 4.32. The van der Waals surface area contributed by atoms with Crippen molar-refractivity contribution in [3.63, 3.8) is 0 Å². The van der Waals surface area contributed by atoms with Crippen LogP contribution in [-0.2, 0) is 9.53 Å². The van der Waals surface area contributed by atoms with Crippen LogP contribution < -0.4 is 20.5 Å². The summed E-state index contributed by atoms with van der Waals surface area (Å²) in [6.07, 6.45) is 4.53. The summed E-state index contributed by atoms with van der Waals surface area (Å²) in [6.45, 7) is 1.36. The third-order valence-electron chi connectivity index (χ3n) is 5.39. The molecule has 2 amide bonds. The number of nitrogens with two attached hydrogens (primary N) is 1. The number of ether oxygens (including phenoxy) is 3. The van der Waals surface area contributed by atoms with Crippen molar-refractivity contribution >= 4 is 12.0 Å². The maximum absolute atomic E-state index is 12.3. The second kappa shape index (κ2) is 7.34. The molecule has 27 heavy (non-hydrogen) atoms. The summed E-state index contributed by atoms with van der Waals surface area (Å²) in [4.78, 5) is 28.6. The fourth-order valence-electron chi connectivity index (χ4n) is 3.26. The van der Waals surface area contributed by atoms with E-state index in [0.717, 1.165) is 18.4 Å². The van der Waals surface area contributed by atoms with Gasteiger partial charge in [-0.15, -0.1) is 0 Å². The first-order valence-corrected chi connectivity index (χ1v) is 9.57. The lowest BCUT2D eigenvalue weighted by atomic mass is 9.89.